The molecule has 0 aliphatic rings. The van der Waals surface area contributed by atoms with Crippen LogP contribution < -0.4 is 4.74 Å². The summed E-state index contributed by atoms with van der Waals surface area (Å²) < 4.78 is 15.0. The minimum Gasteiger partial charge on any atom is -0.490 e. The highest BCUT2D eigenvalue weighted by Crippen LogP contribution is 2.27. The molecule has 0 aliphatic heterocycles. The molecule has 1 aromatic rings. The quantitative estimate of drug-likeness (QED) is 0.316. The first kappa shape index (κ1) is 16.6. The Bertz CT molecular complexity index is 528. The van der Waals surface area contributed by atoms with Gasteiger partial charge in [-0.25, -0.2) is 4.79 Å². The number of esters is 1. The van der Waals surface area contributed by atoms with Gasteiger partial charge in [-0.1, -0.05) is 12.1 Å². The van der Waals surface area contributed by atoms with E-state index in [-0.39, 0.29) is 24.7 Å². The average molecular weight is 295 g/mol. The Morgan fingerprint density at radius 1 is 1.52 bits per heavy atom. The van der Waals surface area contributed by atoms with E-state index >= 15 is 0 Å². The number of nitrogens with zero attached hydrogens (tertiary/aromatic N) is 1. The lowest BCUT2D eigenvalue weighted by atomic mass is 10.2. The van der Waals surface area contributed by atoms with E-state index in [0.717, 1.165) is 0 Å². The van der Waals surface area contributed by atoms with Crippen molar-refractivity contribution in [1.82, 2.24) is 0 Å². The van der Waals surface area contributed by atoms with Gasteiger partial charge in [0.05, 0.1) is 18.6 Å². The number of ether oxygens (including phenoxy) is 3. The molecule has 0 aliphatic carbocycles. The molecular weight excluding hydrogens is 278 g/mol. The van der Waals surface area contributed by atoms with Crippen molar-refractivity contribution in [1.29, 1.82) is 0 Å². The van der Waals surface area contributed by atoms with Crippen LogP contribution in [-0.4, -0.2) is 30.7 Å². The predicted molar refractivity (Wildman–Crippen MR) is 75.1 cm³/mol. The molecule has 114 valence electrons. The molecular formula is C14H17NO6. The number of hydrogen-bond acceptors (Lipinski definition) is 6. The smallest absolute Gasteiger partial charge is 0.335 e. The molecule has 0 spiro atoms. The minimum absolute atomic E-state index is 0.0779. The van der Waals surface area contributed by atoms with E-state index in [9.17, 15) is 14.9 Å². The fourth-order valence-electron chi connectivity index (χ4n) is 1.52. The van der Waals surface area contributed by atoms with Crippen LogP contribution in [0.1, 0.15) is 12.5 Å². The van der Waals surface area contributed by atoms with Crippen LogP contribution in [0.2, 0.25) is 0 Å². The number of hydrogen-bond donors (Lipinski definition) is 0. The predicted octanol–water partition coefficient (Wildman–Crippen LogP) is 2.24. The van der Waals surface area contributed by atoms with Crippen LogP contribution in [0, 0.1) is 10.1 Å². The summed E-state index contributed by atoms with van der Waals surface area (Å²) in [7, 11) is 1.35. The van der Waals surface area contributed by atoms with Gasteiger partial charge in [0.15, 0.2) is 11.9 Å². The number of benzene rings is 1. The maximum atomic E-state index is 11.6. The molecule has 0 aromatic heterocycles. The molecule has 0 amide bonds. The second-order valence-electron chi connectivity index (χ2n) is 4.14. The summed E-state index contributed by atoms with van der Waals surface area (Å²) in [6.45, 7) is 5.20. The van der Waals surface area contributed by atoms with Crippen molar-refractivity contribution < 1.29 is 23.9 Å². The van der Waals surface area contributed by atoms with Crippen LogP contribution in [0.3, 0.4) is 0 Å². The summed E-state index contributed by atoms with van der Waals surface area (Å²) in [5, 5.41) is 10.9. The number of rotatable bonds is 8. The van der Waals surface area contributed by atoms with E-state index in [0.29, 0.717) is 5.56 Å². The van der Waals surface area contributed by atoms with Gasteiger partial charge in [-0.15, -0.1) is 6.58 Å². The van der Waals surface area contributed by atoms with E-state index < -0.39 is 17.0 Å². The Kier molecular flexibility index (Phi) is 6.35. The molecule has 0 fully saturated rings. The average Bonchev–Trinajstić information content (AvgIpc) is 2.49. The molecule has 0 radical (unpaired) electrons. The fourth-order valence-corrected chi connectivity index (χ4v) is 1.52. The van der Waals surface area contributed by atoms with Gasteiger partial charge in [0.25, 0.3) is 0 Å². The van der Waals surface area contributed by atoms with Crippen molar-refractivity contribution in [3.05, 3.63) is 46.5 Å². The van der Waals surface area contributed by atoms with Crippen LogP contribution in [-0.2, 0) is 20.9 Å². The Balaban J connectivity index is 2.67. The van der Waals surface area contributed by atoms with Crippen LogP contribution in [0.5, 0.6) is 5.75 Å². The summed E-state index contributed by atoms with van der Waals surface area (Å²) in [6, 6.07) is 4.36. The molecule has 1 unspecified atom stereocenters. The summed E-state index contributed by atoms with van der Waals surface area (Å²) in [4.78, 5) is 22.0. The van der Waals surface area contributed by atoms with Crippen molar-refractivity contribution in [2.45, 2.75) is 19.6 Å². The Hall–Kier alpha value is -2.41. The zero-order valence-electron chi connectivity index (χ0n) is 11.9. The third-order valence-electron chi connectivity index (χ3n) is 2.62. The molecule has 0 heterocycles. The van der Waals surface area contributed by atoms with E-state index in [1.54, 1.807) is 13.0 Å². The zero-order chi connectivity index (χ0) is 15.8. The molecule has 7 nitrogen and oxygen atoms in total. The van der Waals surface area contributed by atoms with Crippen LogP contribution in [0.4, 0.5) is 5.69 Å². The van der Waals surface area contributed by atoms with Crippen LogP contribution in [0.15, 0.2) is 30.9 Å². The lowest BCUT2D eigenvalue weighted by molar-refractivity contribution is -0.385. The molecule has 0 saturated heterocycles. The molecule has 0 N–H and O–H groups in total. The van der Waals surface area contributed by atoms with E-state index in [1.165, 1.54) is 25.3 Å². The van der Waals surface area contributed by atoms with Gasteiger partial charge in [0, 0.05) is 6.07 Å². The Morgan fingerprint density at radius 2 is 2.24 bits per heavy atom. The SMILES string of the molecule is C=CCOC(C)C(=O)OCc1ccc(OC)c([N+](=O)[O-])c1. The lowest BCUT2D eigenvalue weighted by Crippen LogP contribution is -2.23. The third kappa shape index (κ3) is 4.88. The van der Waals surface area contributed by atoms with Crippen LogP contribution in [0.25, 0.3) is 0 Å². The summed E-state index contributed by atoms with van der Waals surface area (Å²) >= 11 is 0. The van der Waals surface area contributed by atoms with Crippen molar-refractivity contribution in [2.24, 2.45) is 0 Å². The summed E-state index contributed by atoms with van der Waals surface area (Å²) in [6.07, 6.45) is 0.799. The van der Waals surface area contributed by atoms with Gasteiger partial charge in [-0.2, -0.15) is 0 Å². The topological polar surface area (TPSA) is 87.9 Å². The van der Waals surface area contributed by atoms with Crippen molar-refractivity contribution in [3.8, 4) is 5.75 Å². The highest BCUT2D eigenvalue weighted by molar-refractivity contribution is 5.74. The monoisotopic (exact) mass is 295 g/mol. The molecule has 0 saturated carbocycles. The van der Waals surface area contributed by atoms with E-state index in [1.807, 2.05) is 0 Å². The Labute approximate surface area is 122 Å². The maximum absolute atomic E-state index is 11.6. The molecule has 21 heavy (non-hydrogen) atoms. The van der Waals surface area contributed by atoms with Crippen molar-refractivity contribution in [2.75, 3.05) is 13.7 Å². The van der Waals surface area contributed by atoms with Crippen LogP contribution >= 0.6 is 0 Å². The lowest BCUT2D eigenvalue weighted by Gasteiger charge is -2.11. The summed E-state index contributed by atoms with van der Waals surface area (Å²) in [5.41, 5.74) is 0.314. The summed E-state index contributed by atoms with van der Waals surface area (Å²) in [5.74, 6) is -0.395. The first-order valence-electron chi connectivity index (χ1n) is 6.20. The van der Waals surface area contributed by atoms with E-state index in [2.05, 4.69) is 6.58 Å². The second-order valence-corrected chi connectivity index (χ2v) is 4.14. The number of nitro benzene ring substituents is 1. The molecule has 1 atom stereocenters. The number of methoxy groups -OCH3 is 1. The minimum atomic E-state index is -0.726. The maximum Gasteiger partial charge on any atom is 0.335 e. The van der Waals surface area contributed by atoms with Gasteiger partial charge < -0.3 is 14.2 Å². The number of carbonyl (C=O) groups is 1. The third-order valence-corrected chi connectivity index (χ3v) is 2.62. The first-order chi connectivity index (χ1) is 9.99. The molecule has 0 bridgehead atoms. The fraction of sp³-hybridized carbons (Fsp3) is 0.357. The van der Waals surface area contributed by atoms with Gasteiger partial charge in [0.2, 0.25) is 0 Å². The number of carbonyl (C=O) groups excluding carboxylic acids is 1. The van der Waals surface area contributed by atoms with E-state index in [4.69, 9.17) is 14.2 Å². The number of nitro groups is 1. The largest absolute Gasteiger partial charge is 0.490 e. The highest BCUT2D eigenvalue weighted by atomic mass is 16.6. The highest BCUT2D eigenvalue weighted by Gasteiger charge is 2.17. The standard InChI is InChI=1S/C14H17NO6/c1-4-7-20-10(2)14(16)21-9-11-5-6-13(19-3)12(8-11)15(17)18/h4-6,8,10H,1,7,9H2,2-3H3. The van der Waals surface area contributed by atoms with Crippen molar-refractivity contribution in [3.63, 3.8) is 0 Å². The zero-order valence-corrected chi connectivity index (χ0v) is 11.9. The van der Waals surface area contributed by atoms with Gasteiger partial charge >= 0.3 is 11.7 Å². The van der Waals surface area contributed by atoms with Gasteiger partial charge in [-0.05, 0) is 18.6 Å². The molecule has 1 rings (SSSR count). The molecule has 1 aromatic carbocycles. The Morgan fingerprint density at radius 3 is 2.81 bits per heavy atom. The van der Waals surface area contributed by atoms with Crippen molar-refractivity contribution >= 4 is 11.7 Å². The normalized spacial score (nSPS) is 11.5. The molecule has 7 heteroatoms. The second kappa shape index (κ2) is 8.01. The van der Waals surface area contributed by atoms with Gasteiger partial charge in [-0.3, -0.25) is 10.1 Å². The first-order valence-corrected chi connectivity index (χ1v) is 6.20. The van der Waals surface area contributed by atoms with Gasteiger partial charge in [0.1, 0.15) is 6.61 Å².